The molecule has 0 aromatic heterocycles. The molecule has 0 heterocycles. The van der Waals surface area contributed by atoms with Crippen LogP contribution in [-0.2, 0) is 0 Å². The van der Waals surface area contributed by atoms with Crippen molar-refractivity contribution >= 4 is 17.4 Å². The maximum absolute atomic E-state index is 12.3. The molecule has 2 aromatic rings. The summed E-state index contributed by atoms with van der Waals surface area (Å²) in [7, 11) is 0. The highest BCUT2D eigenvalue weighted by Crippen LogP contribution is 2.27. The SMILES string of the molecule is C[C@H](Oc1ccc(C#N)cc1Cl)C(=O)c1ccc(OC(F)F)cc1. The van der Waals surface area contributed by atoms with E-state index in [9.17, 15) is 13.6 Å². The molecule has 2 aromatic carbocycles. The van der Waals surface area contributed by atoms with Crippen LogP contribution in [0.4, 0.5) is 8.78 Å². The zero-order chi connectivity index (χ0) is 17.7. The molecule has 124 valence electrons. The molecule has 0 saturated carbocycles. The van der Waals surface area contributed by atoms with Crippen LogP contribution < -0.4 is 9.47 Å². The number of nitriles is 1. The Hall–Kier alpha value is -2.65. The summed E-state index contributed by atoms with van der Waals surface area (Å²) < 4.78 is 33.9. The number of hydrogen-bond acceptors (Lipinski definition) is 4. The number of halogens is 3. The van der Waals surface area contributed by atoms with Gasteiger partial charge in [0.25, 0.3) is 0 Å². The Kier molecular flexibility index (Phi) is 5.72. The van der Waals surface area contributed by atoms with E-state index in [1.54, 1.807) is 6.92 Å². The van der Waals surface area contributed by atoms with Gasteiger partial charge in [-0.05, 0) is 49.4 Å². The zero-order valence-corrected chi connectivity index (χ0v) is 13.3. The number of ketones is 1. The summed E-state index contributed by atoms with van der Waals surface area (Å²) in [6.45, 7) is -1.38. The molecule has 0 aliphatic rings. The molecular weight excluding hydrogens is 340 g/mol. The van der Waals surface area contributed by atoms with Crippen LogP contribution in [0.3, 0.4) is 0 Å². The summed E-state index contributed by atoms with van der Waals surface area (Å²) in [5.74, 6) is -0.113. The molecule has 0 radical (unpaired) electrons. The Morgan fingerprint density at radius 2 is 1.83 bits per heavy atom. The van der Waals surface area contributed by atoms with Gasteiger partial charge in [0.15, 0.2) is 6.10 Å². The minimum absolute atomic E-state index is 0.0368. The first kappa shape index (κ1) is 17.7. The smallest absolute Gasteiger partial charge is 0.387 e. The lowest BCUT2D eigenvalue weighted by atomic mass is 10.1. The van der Waals surface area contributed by atoms with Gasteiger partial charge in [0.05, 0.1) is 16.7 Å². The summed E-state index contributed by atoms with van der Waals surface area (Å²) in [4.78, 5) is 12.3. The van der Waals surface area contributed by atoms with Gasteiger partial charge in [0.1, 0.15) is 11.5 Å². The molecule has 0 N–H and O–H groups in total. The molecular formula is C17H12ClF2NO3. The van der Waals surface area contributed by atoms with E-state index in [2.05, 4.69) is 4.74 Å². The molecule has 7 heteroatoms. The van der Waals surface area contributed by atoms with Gasteiger partial charge in [0.2, 0.25) is 5.78 Å². The van der Waals surface area contributed by atoms with Crippen molar-refractivity contribution in [2.75, 3.05) is 0 Å². The minimum Gasteiger partial charge on any atom is -0.481 e. The standard InChI is InChI=1S/C17H12ClF2NO3/c1-10(23-15-7-2-11(9-21)8-14(15)18)16(22)12-3-5-13(6-4-12)24-17(19)20/h2-8,10,17H,1H3/t10-/m0/s1. The summed E-state index contributed by atoms with van der Waals surface area (Å²) in [5, 5.41) is 9.01. The van der Waals surface area contributed by atoms with E-state index in [1.165, 1.54) is 42.5 Å². The number of rotatable bonds is 6. The maximum Gasteiger partial charge on any atom is 0.387 e. The molecule has 0 fully saturated rings. The number of ether oxygens (including phenoxy) is 2. The van der Waals surface area contributed by atoms with Crippen molar-refractivity contribution in [2.45, 2.75) is 19.6 Å². The van der Waals surface area contributed by atoms with E-state index < -0.39 is 12.7 Å². The number of carbonyl (C=O) groups is 1. The predicted octanol–water partition coefficient (Wildman–Crippen LogP) is 4.46. The van der Waals surface area contributed by atoms with Gasteiger partial charge >= 0.3 is 6.61 Å². The first-order valence-corrected chi connectivity index (χ1v) is 7.24. The molecule has 0 spiro atoms. The Labute approximate surface area is 142 Å². The lowest BCUT2D eigenvalue weighted by Crippen LogP contribution is -2.24. The number of benzene rings is 2. The molecule has 0 amide bonds. The van der Waals surface area contributed by atoms with Crippen LogP contribution in [0, 0.1) is 11.3 Å². The first-order valence-electron chi connectivity index (χ1n) is 6.86. The van der Waals surface area contributed by atoms with Crippen LogP contribution in [0.5, 0.6) is 11.5 Å². The highest BCUT2D eigenvalue weighted by Gasteiger charge is 2.18. The van der Waals surface area contributed by atoms with Crippen molar-refractivity contribution in [1.82, 2.24) is 0 Å². The van der Waals surface area contributed by atoms with Crippen LogP contribution in [0.2, 0.25) is 5.02 Å². The zero-order valence-electron chi connectivity index (χ0n) is 12.5. The van der Waals surface area contributed by atoms with Gasteiger partial charge in [0, 0.05) is 5.56 Å². The quantitative estimate of drug-likeness (QED) is 0.721. The van der Waals surface area contributed by atoms with E-state index >= 15 is 0 Å². The lowest BCUT2D eigenvalue weighted by Gasteiger charge is -2.15. The second-order valence-electron chi connectivity index (χ2n) is 4.78. The van der Waals surface area contributed by atoms with Crippen molar-refractivity contribution in [2.24, 2.45) is 0 Å². The average molecular weight is 352 g/mol. The fraction of sp³-hybridized carbons (Fsp3) is 0.176. The van der Waals surface area contributed by atoms with Crippen molar-refractivity contribution in [1.29, 1.82) is 5.26 Å². The van der Waals surface area contributed by atoms with E-state index in [1.807, 2.05) is 6.07 Å². The van der Waals surface area contributed by atoms with Crippen molar-refractivity contribution in [3.8, 4) is 17.6 Å². The highest BCUT2D eigenvalue weighted by molar-refractivity contribution is 6.32. The van der Waals surface area contributed by atoms with Gasteiger partial charge in [-0.1, -0.05) is 11.6 Å². The molecule has 0 saturated heterocycles. The summed E-state index contributed by atoms with van der Waals surface area (Å²) >= 11 is 6.00. The predicted molar refractivity (Wildman–Crippen MR) is 83.7 cm³/mol. The van der Waals surface area contributed by atoms with Crippen LogP contribution >= 0.6 is 11.6 Å². The van der Waals surface area contributed by atoms with Crippen molar-refractivity contribution in [3.63, 3.8) is 0 Å². The normalized spacial score (nSPS) is 11.7. The molecule has 0 aliphatic carbocycles. The topological polar surface area (TPSA) is 59.3 Å². The van der Waals surface area contributed by atoms with Crippen LogP contribution in [0.1, 0.15) is 22.8 Å². The van der Waals surface area contributed by atoms with Crippen molar-refractivity contribution in [3.05, 3.63) is 58.6 Å². The van der Waals surface area contributed by atoms with Gasteiger partial charge in [-0.2, -0.15) is 14.0 Å². The summed E-state index contributed by atoms with van der Waals surface area (Å²) in [5.41, 5.74) is 0.662. The number of alkyl halides is 2. The first-order chi connectivity index (χ1) is 11.4. The fourth-order valence-electron chi connectivity index (χ4n) is 1.95. The molecule has 1 atom stereocenters. The van der Waals surface area contributed by atoms with Crippen LogP contribution in [0.25, 0.3) is 0 Å². The van der Waals surface area contributed by atoms with Gasteiger partial charge < -0.3 is 9.47 Å². The minimum atomic E-state index is -2.92. The third kappa shape index (κ3) is 4.43. The molecule has 0 unspecified atom stereocenters. The van der Waals surface area contributed by atoms with Gasteiger partial charge in [-0.3, -0.25) is 4.79 Å². The molecule has 2 rings (SSSR count). The second-order valence-corrected chi connectivity index (χ2v) is 5.19. The monoisotopic (exact) mass is 351 g/mol. The highest BCUT2D eigenvalue weighted by atomic mass is 35.5. The Morgan fingerprint density at radius 3 is 2.38 bits per heavy atom. The molecule has 4 nitrogen and oxygen atoms in total. The molecule has 0 bridgehead atoms. The van der Waals surface area contributed by atoms with E-state index in [0.29, 0.717) is 5.56 Å². The summed E-state index contributed by atoms with van der Waals surface area (Å²) in [6, 6.07) is 11.7. The number of nitrogens with zero attached hydrogens (tertiary/aromatic N) is 1. The largest absolute Gasteiger partial charge is 0.481 e. The molecule has 24 heavy (non-hydrogen) atoms. The lowest BCUT2D eigenvalue weighted by molar-refractivity contribution is -0.0498. The maximum atomic E-state index is 12.3. The van der Waals surface area contributed by atoms with Gasteiger partial charge in [-0.15, -0.1) is 0 Å². The van der Waals surface area contributed by atoms with Gasteiger partial charge in [-0.25, -0.2) is 0 Å². The van der Waals surface area contributed by atoms with E-state index in [4.69, 9.17) is 21.6 Å². The third-order valence-corrected chi connectivity index (χ3v) is 3.39. The number of carbonyl (C=O) groups excluding carboxylic acids is 1. The third-order valence-electron chi connectivity index (χ3n) is 3.10. The van der Waals surface area contributed by atoms with E-state index in [-0.39, 0.29) is 27.9 Å². The van der Waals surface area contributed by atoms with Crippen LogP contribution in [-0.4, -0.2) is 18.5 Å². The Morgan fingerprint density at radius 1 is 1.17 bits per heavy atom. The summed E-state index contributed by atoms with van der Waals surface area (Å²) in [6.07, 6.45) is -0.850. The van der Waals surface area contributed by atoms with Crippen LogP contribution in [0.15, 0.2) is 42.5 Å². The second kappa shape index (κ2) is 7.75. The number of Topliss-reactive ketones (excluding diaryl/α,β-unsaturated/α-hetero) is 1. The Bertz CT molecular complexity index is 772. The van der Waals surface area contributed by atoms with E-state index in [0.717, 1.165) is 0 Å². The van der Waals surface area contributed by atoms with Crippen molar-refractivity contribution < 1.29 is 23.0 Å². The fourth-order valence-corrected chi connectivity index (χ4v) is 2.17. The average Bonchev–Trinajstić information content (AvgIpc) is 2.56. The number of hydrogen-bond donors (Lipinski definition) is 0. The molecule has 0 aliphatic heterocycles. The Balaban J connectivity index is 2.08.